The van der Waals surface area contributed by atoms with Crippen molar-refractivity contribution in [2.24, 2.45) is 0 Å². The molecule has 0 saturated heterocycles. The number of alkyl halides is 7. The van der Waals surface area contributed by atoms with Crippen LogP contribution in [0.15, 0.2) is 60.7 Å². The first-order valence-electron chi connectivity index (χ1n) is 10.2. The Bertz CT molecular complexity index is 1320. The third-order valence-corrected chi connectivity index (χ3v) is 5.26. The number of aryl methyl sites for hydroxylation is 1. The summed E-state index contributed by atoms with van der Waals surface area (Å²) in [6, 6.07) is 9.87. The molecule has 0 fully saturated rings. The number of anilines is 2. The van der Waals surface area contributed by atoms with Gasteiger partial charge in [-0.05, 0) is 42.8 Å². The Hall–Kier alpha value is -4.03. The fraction of sp³-hybridized carbons (Fsp3) is 0.167. The van der Waals surface area contributed by atoms with Crippen molar-refractivity contribution in [2.75, 3.05) is 10.6 Å². The highest BCUT2D eigenvalue weighted by atomic mass is 19.4. The molecule has 0 spiro atoms. The topological polar surface area (TPSA) is 58.2 Å². The lowest BCUT2D eigenvalue weighted by atomic mass is 9.92. The number of amides is 2. The SMILES string of the molecule is Cc1cc(C(F)(C(F)(F)F)C(F)(F)F)ccc1NC(=O)c1c(F)ccc(NC(=O)c2ccccc2)c1F. The van der Waals surface area contributed by atoms with Crippen molar-refractivity contribution in [3.05, 3.63) is 94.6 Å². The monoisotopic (exact) mass is 534 g/mol. The van der Waals surface area contributed by atoms with Crippen molar-refractivity contribution in [3.8, 4) is 0 Å². The zero-order valence-corrected chi connectivity index (χ0v) is 18.5. The summed E-state index contributed by atoms with van der Waals surface area (Å²) < 4.78 is 122. The lowest BCUT2D eigenvalue weighted by Gasteiger charge is -2.30. The lowest BCUT2D eigenvalue weighted by Crippen LogP contribution is -2.50. The van der Waals surface area contributed by atoms with Crippen LogP contribution in [0.3, 0.4) is 0 Å². The van der Waals surface area contributed by atoms with Crippen molar-refractivity contribution in [2.45, 2.75) is 24.9 Å². The molecule has 0 saturated carbocycles. The van der Waals surface area contributed by atoms with Gasteiger partial charge in [-0.25, -0.2) is 13.2 Å². The normalized spacial score (nSPS) is 12.3. The summed E-state index contributed by atoms with van der Waals surface area (Å²) in [7, 11) is 0. The van der Waals surface area contributed by atoms with Crippen LogP contribution in [-0.4, -0.2) is 24.2 Å². The predicted octanol–water partition coefficient (Wildman–Crippen LogP) is 7.07. The minimum absolute atomic E-state index is 0.120. The van der Waals surface area contributed by atoms with E-state index in [1.807, 2.05) is 5.32 Å². The fourth-order valence-electron chi connectivity index (χ4n) is 3.33. The van der Waals surface area contributed by atoms with E-state index >= 15 is 0 Å². The highest BCUT2D eigenvalue weighted by Gasteiger charge is 2.73. The lowest BCUT2D eigenvalue weighted by molar-refractivity contribution is -0.348. The van der Waals surface area contributed by atoms with Crippen molar-refractivity contribution in [1.29, 1.82) is 0 Å². The maximum atomic E-state index is 14.9. The summed E-state index contributed by atoms with van der Waals surface area (Å²) in [5.41, 5.74) is -10.1. The van der Waals surface area contributed by atoms with E-state index in [0.29, 0.717) is 12.1 Å². The van der Waals surface area contributed by atoms with Gasteiger partial charge in [-0.3, -0.25) is 9.59 Å². The number of nitrogens with one attached hydrogen (secondary N) is 2. The first-order chi connectivity index (χ1) is 17.1. The van der Waals surface area contributed by atoms with E-state index in [2.05, 4.69) is 5.32 Å². The van der Waals surface area contributed by atoms with E-state index in [1.165, 1.54) is 24.3 Å². The molecule has 0 aliphatic carbocycles. The van der Waals surface area contributed by atoms with E-state index in [9.17, 15) is 49.1 Å². The number of rotatable bonds is 5. The molecular formula is C24H15F9N2O2. The summed E-state index contributed by atoms with van der Waals surface area (Å²) in [5, 5.41) is 4.12. The molecule has 3 rings (SSSR count). The van der Waals surface area contributed by atoms with Gasteiger partial charge in [0.2, 0.25) is 0 Å². The van der Waals surface area contributed by atoms with Crippen LogP contribution in [0, 0.1) is 18.6 Å². The number of carbonyl (C=O) groups excluding carboxylic acids is 2. The van der Waals surface area contributed by atoms with Gasteiger partial charge in [-0.2, -0.15) is 26.3 Å². The molecule has 13 heteroatoms. The van der Waals surface area contributed by atoms with Crippen molar-refractivity contribution >= 4 is 23.2 Å². The van der Waals surface area contributed by atoms with Crippen LogP contribution in [0.25, 0.3) is 0 Å². The molecule has 37 heavy (non-hydrogen) atoms. The Labute approximate surface area is 203 Å². The molecule has 3 aromatic carbocycles. The average molecular weight is 534 g/mol. The standard InChI is InChI=1S/C24H15F9N2O2/c1-12-11-14(22(27,23(28,29)30)24(31,32)33)7-9-16(12)34-21(37)18-15(25)8-10-17(19(18)26)35-20(36)13-5-3-2-4-6-13/h2-11H,1H3,(H,34,37)(H,35,36). The summed E-state index contributed by atoms with van der Waals surface area (Å²) in [6.07, 6.45) is -12.7. The van der Waals surface area contributed by atoms with Gasteiger partial charge < -0.3 is 10.6 Å². The van der Waals surface area contributed by atoms with Crippen molar-refractivity contribution in [1.82, 2.24) is 0 Å². The van der Waals surface area contributed by atoms with Crippen LogP contribution < -0.4 is 10.6 Å². The molecule has 196 valence electrons. The quantitative estimate of drug-likeness (QED) is 0.344. The van der Waals surface area contributed by atoms with Gasteiger partial charge in [0.05, 0.1) is 5.69 Å². The second kappa shape index (κ2) is 9.79. The van der Waals surface area contributed by atoms with Crippen LogP contribution in [0.2, 0.25) is 0 Å². The molecular weight excluding hydrogens is 519 g/mol. The third-order valence-electron chi connectivity index (χ3n) is 5.26. The Morgan fingerprint density at radius 3 is 1.78 bits per heavy atom. The number of halogens is 9. The fourth-order valence-corrected chi connectivity index (χ4v) is 3.33. The van der Waals surface area contributed by atoms with Crippen molar-refractivity contribution in [3.63, 3.8) is 0 Å². The number of hydrogen-bond acceptors (Lipinski definition) is 2. The first kappa shape index (κ1) is 27.6. The molecule has 4 nitrogen and oxygen atoms in total. The van der Waals surface area contributed by atoms with Crippen LogP contribution in [-0.2, 0) is 5.67 Å². The van der Waals surface area contributed by atoms with Gasteiger partial charge in [0.15, 0.2) is 5.82 Å². The summed E-state index contributed by atoms with van der Waals surface area (Å²) in [6.45, 7) is 0.954. The van der Waals surface area contributed by atoms with Crippen LogP contribution >= 0.6 is 0 Å². The van der Waals surface area contributed by atoms with Gasteiger partial charge >= 0.3 is 18.0 Å². The molecule has 0 bridgehead atoms. The summed E-state index contributed by atoms with van der Waals surface area (Å²) in [4.78, 5) is 24.8. The predicted molar refractivity (Wildman–Crippen MR) is 115 cm³/mol. The van der Waals surface area contributed by atoms with E-state index in [-0.39, 0.29) is 17.7 Å². The highest BCUT2D eigenvalue weighted by molar-refractivity contribution is 6.08. The number of carbonyl (C=O) groups is 2. The zero-order chi connectivity index (χ0) is 27.8. The molecule has 0 heterocycles. The third kappa shape index (κ3) is 5.25. The Kier molecular flexibility index (Phi) is 7.29. The van der Waals surface area contributed by atoms with E-state index in [4.69, 9.17) is 0 Å². The Morgan fingerprint density at radius 2 is 1.24 bits per heavy atom. The highest BCUT2D eigenvalue weighted by Crippen LogP contribution is 2.53. The molecule has 2 N–H and O–H groups in total. The zero-order valence-electron chi connectivity index (χ0n) is 18.5. The van der Waals surface area contributed by atoms with E-state index in [1.54, 1.807) is 6.07 Å². The Balaban J connectivity index is 1.91. The van der Waals surface area contributed by atoms with Crippen LogP contribution in [0.4, 0.5) is 50.9 Å². The molecule has 0 atom stereocenters. The molecule has 0 aliphatic heterocycles. The molecule has 3 aromatic rings. The van der Waals surface area contributed by atoms with E-state index in [0.717, 1.165) is 13.0 Å². The van der Waals surface area contributed by atoms with Crippen molar-refractivity contribution < 1.29 is 49.1 Å². The molecule has 0 radical (unpaired) electrons. The summed E-state index contributed by atoms with van der Waals surface area (Å²) >= 11 is 0. The first-order valence-corrected chi connectivity index (χ1v) is 10.2. The number of benzene rings is 3. The second-order valence-corrected chi connectivity index (χ2v) is 7.74. The van der Waals surface area contributed by atoms with Gasteiger partial charge in [-0.15, -0.1) is 0 Å². The minimum Gasteiger partial charge on any atom is -0.322 e. The maximum Gasteiger partial charge on any atom is 0.435 e. The largest absolute Gasteiger partial charge is 0.435 e. The van der Waals surface area contributed by atoms with Crippen LogP contribution in [0.5, 0.6) is 0 Å². The molecule has 0 unspecified atom stereocenters. The number of hydrogen-bond donors (Lipinski definition) is 2. The Morgan fingerprint density at radius 1 is 0.703 bits per heavy atom. The molecule has 0 aliphatic rings. The average Bonchev–Trinajstić information content (AvgIpc) is 2.80. The molecule has 2 amide bonds. The van der Waals surface area contributed by atoms with E-state index < -0.39 is 69.5 Å². The minimum atomic E-state index is -6.35. The maximum absolute atomic E-state index is 14.9. The van der Waals surface area contributed by atoms with Gasteiger partial charge in [0.25, 0.3) is 11.8 Å². The van der Waals surface area contributed by atoms with Gasteiger partial charge in [0, 0.05) is 16.8 Å². The molecule has 0 aromatic heterocycles. The smallest absolute Gasteiger partial charge is 0.322 e. The second-order valence-electron chi connectivity index (χ2n) is 7.74. The van der Waals surface area contributed by atoms with Crippen LogP contribution in [0.1, 0.15) is 31.8 Å². The van der Waals surface area contributed by atoms with Gasteiger partial charge in [-0.1, -0.05) is 30.3 Å². The van der Waals surface area contributed by atoms with Gasteiger partial charge in [0.1, 0.15) is 11.4 Å². The summed E-state index contributed by atoms with van der Waals surface area (Å²) in [5.74, 6) is -5.13.